The van der Waals surface area contributed by atoms with E-state index < -0.39 is 17.5 Å². The zero-order chi connectivity index (χ0) is 12.0. The van der Waals surface area contributed by atoms with E-state index >= 15 is 0 Å². The Morgan fingerprint density at radius 2 is 1.76 bits per heavy atom. The molecule has 0 N–H and O–H groups in total. The maximum atomic E-state index is 13.5. The summed E-state index contributed by atoms with van der Waals surface area (Å²) in [4.78, 5) is 0. The van der Waals surface area contributed by atoms with E-state index in [1.807, 2.05) is 0 Å². The summed E-state index contributed by atoms with van der Waals surface area (Å²) >= 11 is 0. The molecule has 0 saturated carbocycles. The highest BCUT2D eigenvalue weighted by molar-refractivity contribution is 5.98. The van der Waals surface area contributed by atoms with Crippen molar-refractivity contribution in [1.29, 1.82) is 0 Å². The number of hydrogen-bond acceptors (Lipinski definition) is 0. The quantitative estimate of drug-likeness (QED) is 0.404. The van der Waals surface area contributed by atoms with Gasteiger partial charge >= 0.3 is 0 Å². The molecule has 3 heteroatoms. The third-order valence-corrected chi connectivity index (χ3v) is 2.69. The summed E-state index contributed by atoms with van der Waals surface area (Å²) in [5.41, 5.74) is 0. The molecule has 3 rings (SSSR count). The van der Waals surface area contributed by atoms with E-state index in [1.165, 1.54) is 6.07 Å². The van der Waals surface area contributed by atoms with E-state index in [9.17, 15) is 13.2 Å². The molecule has 0 aliphatic heterocycles. The van der Waals surface area contributed by atoms with Crippen LogP contribution in [0, 0.1) is 29.6 Å². The predicted octanol–water partition coefficient (Wildman–Crippen LogP) is 4.01. The van der Waals surface area contributed by atoms with Crippen LogP contribution in [0.15, 0.2) is 30.3 Å². The van der Waals surface area contributed by atoms with Gasteiger partial charge in [-0.15, -0.1) is 0 Å². The van der Waals surface area contributed by atoms with Crippen LogP contribution in [0.4, 0.5) is 13.2 Å². The zero-order valence-electron chi connectivity index (χ0n) is 8.52. The van der Waals surface area contributed by atoms with Crippen molar-refractivity contribution in [3.05, 3.63) is 59.9 Å². The molecule has 0 fully saturated rings. The summed E-state index contributed by atoms with van der Waals surface area (Å²) in [7, 11) is 0. The molecule has 0 aliphatic carbocycles. The lowest BCUT2D eigenvalue weighted by molar-refractivity contribution is 0.452. The predicted molar refractivity (Wildman–Crippen MR) is 59.0 cm³/mol. The van der Waals surface area contributed by atoms with E-state index in [2.05, 4.69) is 12.1 Å². The molecular formula is C14H5F3. The van der Waals surface area contributed by atoms with E-state index in [4.69, 9.17) is 0 Å². The highest BCUT2D eigenvalue weighted by Gasteiger charge is 2.14. The summed E-state index contributed by atoms with van der Waals surface area (Å²) < 4.78 is 39.6. The van der Waals surface area contributed by atoms with Crippen molar-refractivity contribution in [2.45, 2.75) is 0 Å². The molecule has 0 unspecified atom stereocenters. The average Bonchev–Trinajstić information content (AvgIpc) is 2.34. The molecule has 0 saturated heterocycles. The zero-order valence-corrected chi connectivity index (χ0v) is 8.52. The van der Waals surface area contributed by atoms with Gasteiger partial charge in [0, 0.05) is 11.5 Å². The van der Waals surface area contributed by atoms with Crippen molar-refractivity contribution >= 4 is 21.5 Å². The van der Waals surface area contributed by atoms with Gasteiger partial charge in [0.25, 0.3) is 0 Å². The van der Waals surface area contributed by atoms with Gasteiger partial charge < -0.3 is 0 Å². The molecule has 3 aromatic carbocycles. The fraction of sp³-hybridized carbons (Fsp3) is 0. The van der Waals surface area contributed by atoms with Crippen LogP contribution in [0.2, 0.25) is 0 Å². The van der Waals surface area contributed by atoms with Gasteiger partial charge in [-0.1, -0.05) is 12.1 Å². The highest BCUT2D eigenvalue weighted by atomic mass is 19.2. The summed E-state index contributed by atoms with van der Waals surface area (Å²) in [6.07, 6.45) is 0. The summed E-state index contributed by atoms with van der Waals surface area (Å²) in [6.45, 7) is 0. The van der Waals surface area contributed by atoms with Crippen LogP contribution >= 0.6 is 0 Å². The van der Waals surface area contributed by atoms with Gasteiger partial charge in [-0.05, 0) is 40.4 Å². The molecule has 0 nitrogen and oxygen atoms in total. The van der Waals surface area contributed by atoms with E-state index in [0.717, 1.165) is 10.8 Å². The van der Waals surface area contributed by atoms with Crippen LogP contribution in [-0.4, -0.2) is 0 Å². The Balaban J connectivity index is 2.52. The second kappa shape index (κ2) is 3.48. The standard InChI is InChI=1S/C14H5F3/c15-12-7-10-5-8-3-1-2-4-9(8)6-11(10)13(16)14(12)17/h1,3-6H. The first-order valence-electron chi connectivity index (χ1n) is 4.96. The van der Waals surface area contributed by atoms with Crippen molar-refractivity contribution in [3.63, 3.8) is 0 Å². The molecule has 0 spiro atoms. The molecule has 0 heterocycles. The average molecular weight is 230 g/mol. The molecule has 0 aromatic heterocycles. The van der Waals surface area contributed by atoms with Crippen LogP contribution in [0.25, 0.3) is 21.5 Å². The molecular weight excluding hydrogens is 225 g/mol. The minimum absolute atomic E-state index is 0.0241. The number of benzene rings is 3. The SMILES string of the molecule is Fc1[c]c2cc3cc[c]cc3cc2c(F)c1F. The summed E-state index contributed by atoms with van der Waals surface area (Å²) in [6, 6.07) is 13.2. The van der Waals surface area contributed by atoms with Crippen LogP contribution < -0.4 is 0 Å². The third-order valence-electron chi connectivity index (χ3n) is 2.69. The summed E-state index contributed by atoms with van der Waals surface area (Å²) in [5.74, 6) is -3.96. The number of hydrogen-bond donors (Lipinski definition) is 0. The van der Waals surface area contributed by atoms with Crippen molar-refractivity contribution < 1.29 is 13.2 Å². The Labute approximate surface area is 95.3 Å². The fourth-order valence-electron chi connectivity index (χ4n) is 1.85. The van der Waals surface area contributed by atoms with Gasteiger partial charge in [-0.25, -0.2) is 13.2 Å². The van der Waals surface area contributed by atoms with E-state index in [-0.39, 0.29) is 10.8 Å². The van der Waals surface area contributed by atoms with Crippen LogP contribution in [0.5, 0.6) is 0 Å². The van der Waals surface area contributed by atoms with Gasteiger partial charge in [0.05, 0.1) is 0 Å². The fourth-order valence-corrected chi connectivity index (χ4v) is 1.85. The van der Waals surface area contributed by atoms with Gasteiger partial charge in [-0.2, -0.15) is 0 Å². The second-order valence-corrected chi connectivity index (χ2v) is 3.74. The number of halogens is 3. The van der Waals surface area contributed by atoms with Gasteiger partial charge in [0.15, 0.2) is 17.5 Å². The Bertz CT molecular complexity index is 732. The van der Waals surface area contributed by atoms with Gasteiger partial charge in [-0.3, -0.25) is 0 Å². The first-order valence-corrected chi connectivity index (χ1v) is 4.96. The van der Waals surface area contributed by atoms with E-state index in [1.54, 1.807) is 24.3 Å². The molecule has 17 heavy (non-hydrogen) atoms. The van der Waals surface area contributed by atoms with Gasteiger partial charge in [0.1, 0.15) is 0 Å². The topological polar surface area (TPSA) is 0 Å². The third kappa shape index (κ3) is 1.46. The Morgan fingerprint density at radius 3 is 2.59 bits per heavy atom. The first kappa shape index (κ1) is 10.1. The molecule has 2 radical (unpaired) electrons. The number of rotatable bonds is 0. The molecule has 0 atom stereocenters. The largest absolute Gasteiger partial charge is 0.203 e. The Kier molecular flexibility index (Phi) is 2.08. The Hall–Kier alpha value is -2.03. The summed E-state index contributed by atoms with van der Waals surface area (Å²) in [5, 5.41) is 1.77. The number of fused-ring (bicyclic) bond motifs is 2. The monoisotopic (exact) mass is 230 g/mol. The normalized spacial score (nSPS) is 11.2. The first-order chi connectivity index (χ1) is 8.16. The van der Waals surface area contributed by atoms with Gasteiger partial charge in [0.2, 0.25) is 0 Å². The lowest BCUT2D eigenvalue weighted by Crippen LogP contribution is -1.92. The smallest absolute Gasteiger partial charge is 0.195 e. The lowest BCUT2D eigenvalue weighted by atomic mass is 10.0. The van der Waals surface area contributed by atoms with Crippen molar-refractivity contribution in [3.8, 4) is 0 Å². The highest BCUT2D eigenvalue weighted by Crippen LogP contribution is 2.27. The minimum Gasteiger partial charge on any atom is -0.203 e. The maximum absolute atomic E-state index is 13.5. The van der Waals surface area contributed by atoms with Crippen molar-refractivity contribution in [2.24, 2.45) is 0 Å². The minimum atomic E-state index is -1.49. The van der Waals surface area contributed by atoms with E-state index in [0.29, 0.717) is 0 Å². The molecule has 3 aromatic rings. The molecule has 0 aliphatic rings. The maximum Gasteiger partial charge on any atom is 0.195 e. The van der Waals surface area contributed by atoms with Crippen LogP contribution in [0.3, 0.4) is 0 Å². The molecule has 82 valence electrons. The van der Waals surface area contributed by atoms with Crippen molar-refractivity contribution in [2.75, 3.05) is 0 Å². The lowest BCUT2D eigenvalue weighted by Gasteiger charge is -2.04. The Morgan fingerprint density at radius 1 is 0.941 bits per heavy atom. The molecule has 0 bridgehead atoms. The molecule has 0 amide bonds. The van der Waals surface area contributed by atoms with Crippen molar-refractivity contribution in [1.82, 2.24) is 0 Å². The van der Waals surface area contributed by atoms with Crippen LogP contribution in [0.1, 0.15) is 0 Å². The van der Waals surface area contributed by atoms with Crippen LogP contribution in [-0.2, 0) is 0 Å². The second-order valence-electron chi connectivity index (χ2n) is 3.74.